The van der Waals surface area contributed by atoms with E-state index in [2.05, 4.69) is 5.32 Å². The molecule has 0 saturated heterocycles. The van der Waals surface area contributed by atoms with Crippen LogP contribution in [-0.4, -0.2) is 51.4 Å². The molecule has 2 amide bonds. The van der Waals surface area contributed by atoms with Gasteiger partial charge in [-0.25, -0.2) is 8.42 Å². The van der Waals surface area contributed by atoms with Crippen LogP contribution < -0.4 is 14.4 Å². The van der Waals surface area contributed by atoms with Crippen LogP contribution >= 0.6 is 11.6 Å². The molecule has 1 N–H and O–H groups in total. The first kappa shape index (κ1) is 32.0. The Morgan fingerprint density at radius 3 is 2.37 bits per heavy atom. The van der Waals surface area contributed by atoms with E-state index in [0.717, 1.165) is 28.3 Å². The second-order valence-corrected chi connectivity index (χ2v) is 12.2. The van der Waals surface area contributed by atoms with Crippen molar-refractivity contribution in [2.75, 3.05) is 24.5 Å². The van der Waals surface area contributed by atoms with Gasteiger partial charge in [-0.3, -0.25) is 13.9 Å². The number of carbonyl (C=O) groups is 2. The van der Waals surface area contributed by atoms with Gasteiger partial charge in [0.2, 0.25) is 11.8 Å². The third kappa shape index (κ3) is 8.01. The highest BCUT2D eigenvalue weighted by atomic mass is 35.5. The number of hydrogen-bond acceptors (Lipinski definition) is 5. The summed E-state index contributed by atoms with van der Waals surface area (Å²) in [5.74, 6) is -0.254. The number of benzene rings is 3. The van der Waals surface area contributed by atoms with Gasteiger partial charge in [0.05, 0.1) is 17.7 Å². The molecular weight excluding hydrogens is 562 g/mol. The molecule has 1 unspecified atom stereocenters. The molecule has 3 rings (SSSR count). The highest BCUT2D eigenvalue weighted by Gasteiger charge is 2.33. The Morgan fingerprint density at radius 1 is 1.02 bits per heavy atom. The minimum Gasteiger partial charge on any atom is -0.497 e. The zero-order valence-electron chi connectivity index (χ0n) is 24.2. The van der Waals surface area contributed by atoms with Gasteiger partial charge in [0, 0.05) is 18.1 Å². The lowest BCUT2D eigenvalue weighted by Crippen LogP contribution is -2.51. The molecule has 0 aromatic heterocycles. The van der Waals surface area contributed by atoms with E-state index < -0.39 is 28.5 Å². The third-order valence-corrected chi connectivity index (χ3v) is 9.06. The van der Waals surface area contributed by atoms with E-state index in [0.29, 0.717) is 22.9 Å². The van der Waals surface area contributed by atoms with Gasteiger partial charge in [0.1, 0.15) is 18.3 Å². The van der Waals surface area contributed by atoms with Crippen molar-refractivity contribution in [1.82, 2.24) is 10.2 Å². The molecule has 0 aliphatic carbocycles. The van der Waals surface area contributed by atoms with Crippen LogP contribution in [0.15, 0.2) is 71.6 Å². The van der Waals surface area contributed by atoms with Crippen LogP contribution in [0.4, 0.5) is 5.69 Å². The third-order valence-electron chi connectivity index (χ3n) is 6.88. The number of nitrogens with one attached hydrogen (secondary N) is 1. The van der Waals surface area contributed by atoms with E-state index in [1.165, 1.54) is 17.0 Å². The molecule has 0 radical (unpaired) electrons. The standard InChI is InChI=1S/C31H38ClN3O5S/c1-6-7-18-33-31(37)24(4)34(20-25-10-8-11-26(19-25)40-5)30(36)21-35(29-13-9-12-28(32)23(29)3)41(38,39)27-16-14-22(2)15-17-27/h8-17,19,24H,6-7,18,20-21H2,1-5H3,(H,33,37). The fraction of sp³-hybridized carbons (Fsp3) is 0.355. The van der Waals surface area contributed by atoms with Gasteiger partial charge in [0.25, 0.3) is 10.0 Å². The summed E-state index contributed by atoms with van der Waals surface area (Å²) in [6.07, 6.45) is 1.71. The van der Waals surface area contributed by atoms with Gasteiger partial charge in [-0.2, -0.15) is 0 Å². The number of rotatable bonds is 13. The number of methoxy groups -OCH3 is 1. The maximum atomic E-state index is 14.1. The van der Waals surface area contributed by atoms with E-state index in [9.17, 15) is 18.0 Å². The molecule has 0 fully saturated rings. The maximum absolute atomic E-state index is 14.1. The van der Waals surface area contributed by atoms with E-state index >= 15 is 0 Å². The number of nitrogens with zero attached hydrogens (tertiary/aromatic N) is 2. The smallest absolute Gasteiger partial charge is 0.264 e. The SMILES string of the molecule is CCCCNC(=O)C(C)N(Cc1cccc(OC)c1)C(=O)CN(c1cccc(Cl)c1C)S(=O)(=O)c1ccc(C)cc1. The van der Waals surface area contributed by atoms with Crippen molar-refractivity contribution in [3.63, 3.8) is 0 Å². The Morgan fingerprint density at radius 2 is 1.71 bits per heavy atom. The molecule has 1 atom stereocenters. The second-order valence-electron chi connectivity index (χ2n) is 9.90. The van der Waals surface area contributed by atoms with Crippen molar-refractivity contribution >= 4 is 39.1 Å². The van der Waals surface area contributed by atoms with E-state index in [4.69, 9.17) is 16.3 Å². The van der Waals surface area contributed by atoms with E-state index in [1.807, 2.05) is 19.9 Å². The number of halogens is 1. The number of sulfonamides is 1. The van der Waals surface area contributed by atoms with Gasteiger partial charge >= 0.3 is 0 Å². The molecule has 41 heavy (non-hydrogen) atoms. The summed E-state index contributed by atoms with van der Waals surface area (Å²) in [7, 11) is -2.63. The number of aryl methyl sites for hydroxylation is 1. The Kier molecular flexibility index (Phi) is 11.2. The van der Waals surface area contributed by atoms with E-state index in [-0.39, 0.29) is 23.0 Å². The van der Waals surface area contributed by atoms with Gasteiger partial charge in [-0.1, -0.05) is 60.8 Å². The van der Waals surface area contributed by atoms with Crippen LogP contribution in [0.1, 0.15) is 43.4 Å². The largest absolute Gasteiger partial charge is 0.497 e. The normalized spacial score (nSPS) is 12.0. The highest BCUT2D eigenvalue weighted by molar-refractivity contribution is 7.92. The lowest BCUT2D eigenvalue weighted by Gasteiger charge is -2.32. The molecule has 10 heteroatoms. The zero-order valence-corrected chi connectivity index (χ0v) is 25.8. The van der Waals surface area contributed by atoms with Crippen LogP contribution in [0.5, 0.6) is 5.75 Å². The Hall–Kier alpha value is -3.56. The van der Waals surface area contributed by atoms with Gasteiger partial charge in [-0.05, 0) is 74.7 Å². The topological polar surface area (TPSA) is 96.0 Å². The summed E-state index contributed by atoms with van der Waals surface area (Å²) in [6, 6.07) is 17.7. The Bertz CT molecular complexity index is 1460. The summed E-state index contributed by atoms with van der Waals surface area (Å²) in [5.41, 5.74) is 2.44. The van der Waals surface area contributed by atoms with Crippen LogP contribution in [0.2, 0.25) is 5.02 Å². The lowest BCUT2D eigenvalue weighted by atomic mass is 10.1. The van der Waals surface area contributed by atoms with Crippen molar-refractivity contribution in [3.05, 3.63) is 88.4 Å². The van der Waals surface area contributed by atoms with Gasteiger partial charge < -0.3 is 15.0 Å². The molecule has 0 saturated carbocycles. The molecule has 220 valence electrons. The number of amides is 2. The predicted molar refractivity (Wildman–Crippen MR) is 163 cm³/mol. The number of anilines is 1. The number of ether oxygens (including phenoxy) is 1. The summed E-state index contributed by atoms with van der Waals surface area (Å²) < 4.78 is 34.4. The molecular formula is C31H38ClN3O5S. The number of carbonyl (C=O) groups excluding carboxylic acids is 2. The van der Waals surface area contributed by atoms with E-state index in [1.54, 1.807) is 69.5 Å². The average molecular weight is 600 g/mol. The van der Waals surface area contributed by atoms with Crippen molar-refractivity contribution in [1.29, 1.82) is 0 Å². The van der Waals surface area contributed by atoms with Crippen molar-refractivity contribution < 1.29 is 22.7 Å². The predicted octanol–water partition coefficient (Wildman–Crippen LogP) is 5.49. The molecule has 0 aliphatic heterocycles. The monoisotopic (exact) mass is 599 g/mol. The minimum atomic E-state index is -4.18. The molecule has 0 aliphatic rings. The summed E-state index contributed by atoms with van der Waals surface area (Å²) >= 11 is 6.38. The fourth-order valence-electron chi connectivity index (χ4n) is 4.30. The van der Waals surface area contributed by atoms with Gasteiger partial charge in [-0.15, -0.1) is 0 Å². The maximum Gasteiger partial charge on any atom is 0.264 e. The summed E-state index contributed by atoms with van der Waals surface area (Å²) in [4.78, 5) is 28.6. The minimum absolute atomic E-state index is 0.0416. The lowest BCUT2D eigenvalue weighted by molar-refractivity contribution is -0.139. The van der Waals surface area contributed by atoms with Gasteiger partial charge in [0.15, 0.2) is 0 Å². The average Bonchev–Trinajstić information content (AvgIpc) is 2.96. The molecule has 0 heterocycles. The highest BCUT2D eigenvalue weighted by Crippen LogP contribution is 2.31. The number of unbranched alkanes of at least 4 members (excludes halogenated alkanes) is 1. The Labute approximate surface area is 248 Å². The van der Waals surface area contributed by atoms with Crippen LogP contribution in [0.25, 0.3) is 0 Å². The Balaban J connectivity index is 2.05. The van der Waals surface area contributed by atoms with Crippen molar-refractivity contribution in [3.8, 4) is 5.75 Å². The summed E-state index contributed by atoms with van der Waals surface area (Å²) in [5, 5.41) is 3.25. The quantitative estimate of drug-likeness (QED) is 0.262. The van der Waals surface area contributed by atoms with Crippen LogP contribution in [-0.2, 0) is 26.2 Å². The van der Waals surface area contributed by atoms with Crippen LogP contribution in [0, 0.1) is 13.8 Å². The molecule has 0 bridgehead atoms. The number of hydrogen-bond donors (Lipinski definition) is 1. The fourth-order valence-corrected chi connectivity index (χ4v) is 5.94. The molecule has 3 aromatic rings. The van der Waals surface area contributed by atoms with Crippen LogP contribution in [0.3, 0.4) is 0 Å². The summed E-state index contributed by atoms with van der Waals surface area (Å²) in [6.45, 7) is 7.26. The first-order valence-electron chi connectivity index (χ1n) is 13.5. The first-order chi connectivity index (χ1) is 19.5. The van der Waals surface area contributed by atoms with Crippen molar-refractivity contribution in [2.45, 2.75) is 58.0 Å². The molecule has 3 aromatic carbocycles. The first-order valence-corrected chi connectivity index (χ1v) is 15.4. The van der Waals surface area contributed by atoms with Crippen molar-refractivity contribution in [2.24, 2.45) is 0 Å². The second kappa shape index (κ2) is 14.4. The molecule has 8 nitrogen and oxygen atoms in total. The molecule has 0 spiro atoms. The zero-order chi connectivity index (χ0) is 30.2.